The van der Waals surface area contributed by atoms with Gasteiger partial charge >= 0.3 is 0 Å². The number of carbonyl (C=O) groups excluding carboxylic acids is 1. The van der Waals surface area contributed by atoms with Crippen LogP contribution in [-0.2, 0) is 34.0 Å². The van der Waals surface area contributed by atoms with Gasteiger partial charge in [0.15, 0.2) is 9.84 Å². The molecule has 1 fully saturated rings. The van der Waals surface area contributed by atoms with Gasteiger partial charge < -0.3 is 4.90 Å². The van der Waals surface area contributed by atoms with Gasteiger partial charge in [0.2, 0.25) is 5.91 Å². The summed E-state index contributed by atoms with van der Waals surface area (Å²) in [4.78, 5) is 20.5. The fourth-order valence-corrected chi connectivity index (χ4v) is 4.62. The van der Waals surface area contributed by atoms with E-state index >= 15 is 0 Å². The fraction of sp³-hybridized carbons (Fsp3) is 0.500. The zero-order valence-corrected chi connectivity index (χ0v) is 15.2. The smallest absolute Gasteiger partial charge is 0.241 e. The highest BCUT2D eigenvalue weighted by Gasteiger charge is 2.26. The molecule has 0 saturated carbocycles. The lowest BCUT2D eigenvalue weighted by molar-refractivity contribution is -0.121. The normalized spacial score (nSPS) is 16.8. The van der Waals surface area contributed by atoms with E-state index in [1.54, 1.807) is 15.8 Å². The van der Waals surface area contributed by atoms with Crippen LogP contribution in [-0.4, -0.2) is 59.9 Å². The summed E-state index contributed by atoms with van der Waals surface area (Å²) in [5, 5.41) is 6.55. The molecular formula is C14H19N5O3S2. The topological polar surface area (TPSA) is 88.4 Å². The monoisotopic (exact) mass is 369 g/mol. The second-order valence-electron chi connectivity index (χ2n) is 5.93. The Bertz CT molecular complexity index is 842. The summed E-state index contributed by atoms with van der Waals surface area (Å²) in [6, 6.07) is 0. The van der Waals surface area contributed by atoms with Crippen LogP contribution in [0.25, 0.3) is 0 Å². The van der Waals surface area contributed by atoms with E-state index in [4.69, 9.17) is 0 Å². The van der Waals surface area contributed by atoms with Crippen LogP contribution in [0, 0.1) is 0 Å². The molecule has 0 unspecified atom stereocenters. The highest BCUT2D eigenvalue weighted by atomic mass is 32.2. The molecule has 0 aliphatic carbocycles. The average molecular weight is 369 g/mol. The molecule has 0 spiro atoms. The standard InChI is InChI=1S/C14H19N5O3S2/c1-17-7-12(5-15-17)19-4-3-18(8-14(19)20)6-11-9-23-13(16-11)10-24(2,21)22/h5,7,9H,3-4,6,8,10H2,1-2H3. The second kappa shape index (κ2) is 6.61. The van der Waals surface area contributed by atoms with Crippen LogP contribution < -0.4 is 4.90 Å². The molecule has 0 bridgehead atoms. The number of rotatable bonds is 5. The van der Waals surface area contributed by atoms with Crippen molar-refractivity contribution in [3.63, 3.8) is 0 Å². The van der Waals surface area contributed by atoms with Gasteiger partial charge in [0.05, 0.1) is 24.1 Å². The van der Waals surface area contributed by atoms with Crippen LogP contribution in [0.5, 0.6) is 0 Å². The molecule has 0 N–H and O–H groups in total. The number of aromatic nitrogens is 3. The lowest BCUT2D eigenvalue weighted by Crippen LogP contribution is -2.50. The molecule has 130 valence electrons. The van der Waals surface area contributed by atoms with Crippen molar-refractivity contribution in [3.8, 4) is 0 Å². The van der Waals surface area contributed by atoms with Crippen LogP contribution in [0.2, 0.25) is 0 Å². The van der Waals surface area contributed by atoms with E-state index in [0.717, 1.165) is 17.9 Å². The summed E-state index contributed by atoms with van der Waals surface area (Å²) >= 11 is 1.34. The van der Waals surface area contributed by atoms with E-state index in [-0.39, 0.29) is 11.7 Å². The fourth-order valence-electron chi connectivity index (χ4n) is 2.62. The average Bonchev–Trinajstić information content (AvgIpc) is 3.07. The second-order valence-corrected chi connectivity index (χ2v) is 9.01. The van der Waals surface area contributed by atoms with Crippen molar-refractivity contribution in [2.75, 3.05) is 30.8 Å². The van der Waals surface area contributed by atoms with Crippen LogP contribution in [0.1, 0.15) is 10.7 Å². The molecule has 1 aliphatic heterocycles. The molecule has 0 aromatic carbocycles. The Balaban J connectivity index is 1.59. The Morgan fingerprint density at radius 1 is 1.33 bits per heavy atom. The molecule has 3 heterocycles. The van der Waals surface area contributed by atoms with E-state index in [2.05, 4.69) is 10.1 Å². The SMILES string of the molecule is Cn1cc(N2CCN(Cc3csc(CS(C)(=O)=O)n3)CC2=O)cn1. The summed E-state index contributed by atoms with van der Waals surface area (Å²) in [5.41, 5.74) is 1.62. The van der Waals surface area contributed by atoms with E-state index < -0.39 is 9.84 Å². The Morgan fingerprint density at radius 2 is 2.12 bits per heavy atom. The molecule has 10 heteroatoms. The van der Waals surface area contributed by atoms with Gasteiger partial charge in [0, 0.05) is 44.5 Å². The largest absolute Gasteiger partial charge is 0.307 e. The van der Waals surface area contributed by atoms with Crippen LogP contribution in [0.4, 0.5) is 5.69 Å². The lowest BCUT2D eigenvalue weighted by atomic mass is 10.2. The van der Waals surface area contributed by atoms with E-state index in [9.17, 15) is 13.2 Å². The first-order chi connectivity index (χ1) is 11.3. The molecular weight excluding hydrogens is 350 g/mol. The Hall–Kier alpha value is -1.78. The number of piperazine rings is 1. The van der Waals surface area contributed by atoms with Gasteiger partial charge in [0.1, 0.15) is 10.8 Å². The van der Waals surface area contributed by atoms with Gasteiger partial charge in [-0.3, -0.25) is 14.4 Å². The number of hydrogen-bond acceptors (Lipinski definition) is 7. The molecule has 24 heavy (non-hydrogen) atoms. The van der Waals surface area contributed by atoms with Gasteiger partial charge in [-0.2, -0.15) is 5.10 Å². The van der Waals surface area contributed by atoms with Crippen molar-refractivity contribution in [1.29, 1.82) is 0 Å². The Kier molecular flexibility index (Phi) is 4.70. The number of carbonyl (C=O) groups is 1. The molecule has 8 nitrogen and oxygen atoms in total. The number of hydrogen-bond donors (Lipinski definition) is 0. The zero-order valence-electron chi connectivity index (χ0n) is 13.5. The highest BCUT2D eigenvalue weighted by molar-refractivity contribution is 7.90. The Morgan fingerprint density at radius 3 is 2.75 bits per heavy atom. The molecule has 1 aliphatic rings. The molecule has 2 aromatic rings. The number of anilines is 1. The first-order valence-corrected chi connectivity index (χ1v) is 10.4. The minimum absolute atomic E-state index is 0.0286. The summed E-state index contributed by atoms with van der Waals surface area (Å²) in [7, 11) is -1.26. The summed E-state index contributed by atoms with van der Waals surface area (Å²) < 4.78 is 24.3. The van der Waals surface area contributed by atoms with Gasteiger partial charge in [0.25, 0.3) is 0 Å². The predicted molar refractivity (Wildman–Crippen MR) is 91.5 cm³/mol. The highest BCUT2D eigenvalue weighted by Crippen LogP contribution is 2.18. The third-order valence-corrected chi connectivity index (χ3v) is 5.55. The van der Waals surface area contributed by atoms with Gasteiger partial charge in [-0.15, -0.1) is 11.3 Å². The molecule has 2 aromatic heterocycles. The van der Waals surface area contributed by atoms with E-state index in [1.165, 1.54) is 17.6 Å². The first kappa shape index (κ1) is 17.1. The molecule has 3 rings (SSSR count). The van der Waals surface area contributed by atoms with Crippen LogP contribution in [0.3, 0.4) is 0 Å². The van der Waals surface area contributed by atoms with Gasteiger partial charge in [-0.05, 0) is 0 Å². The molecule has 0 atom stereocenters. The molecule has 1 saturated heterocycles. The van der Waals surface area contributed by atoms with Crippen molar-refractivity contribution in [2.45, 2.75) is 12.3 Å². The number of thiazole rings is 1. The van der Waals surface area contributed by atoms with Crippen molar-refractivity contribution in [1.82, 2.24) is 19.7 Å². The molecule has 1 amide bonds. The number of amides is 1. The minimum Gasteiger partial charge on any atom is -0.307 e. The summed E-state index contributed by atoms with van der Waals surface area (Å²) in [5.74, 6) is -0.00777. The predicted octanol–water partition coefficient (Wildman–Crippen LogP) is 0.270. The van der Waals surface area contributed by atoms with Crippen molar-refractivity contribution >= 4 is 32.8 Å². The maximum Gasteiger partial charge on any atom is 0.241 e. The number of sulfone groups is 1. The van der Waals surface area contributed by atoms with Gasteiger partial charge in [-0.25, -0.2) is 13.4 Å². The van der Waals surface area contributed by atoms with Crippen LogP contribution in [0.15, 0.2) is 17.8 Å². The number of nitrogens with zero attached hydrogens (tertiary/aromatic N) is 5. The minimum atomic E-state index is -3.08. The summed E-state index contributed by atoms with van der Waals surface area (Å²) in [6.45, 7) is 2.20. The number of aryl methyl sites for hydroxylation is 1. The third kappa shape index (κ3) is 4.19. The first-order valence-electron chi connectivity index (χ1n) is 7.42. The van der Waals surface area contributed by atoms with E-state index in [1.807, 2.05) is 23.5 Å². The van der Waals surface area contributed by atoms with Crippen molar-refractivity contribution in [2.24, 2.45) is 7.05 Å². The van der Waals surface area contributed by atoms with Crippen molar-refractivity contribution in [3.05, 3.63) is 28.5 Å². The quantitative estimate of drug-likeness (QED) is 0.752. The maximum atomic E-state index is 12.3. The van der Waals surface area contributed by atoms with Crippen LogP contribution >= 0.6 is 11.3 Å². The van der Waals surface area contributed by atoms with E-state index in [0.29, 0.717) is 24.6 Å². The van der Waals surface area contributed by atoms with Gasteiger partial charge in [-0.1, -0.05) is 0 Å². The zero-order chi connectivity index (χ0) is 17.3. The summed E-state index contributed by atoms with van der Waals surface area (Å²) in [6.07, 6.45) is 4.71. The van der Waals surface area contributed by atoms with Crippen molar-refractivity contribution < 1.29 is 13.2 Å². The Labute approximate surface area is 144 Å². The lowest BCUT2D eigenvalue weighted by Gasteiger charge is -2.33. The maximum absolute atomic E-state index is 12.3. The molecule has 0 radical (unpaired) electrons. The third-order valence-electron chi connectivity index (χ3n) is 3.67.